The molecule has 0 heterocycles. The van der Waals surface area contributed by atoms with E-state index < -0.39 is 16.1 Å². The van der Waals surface area contributed by atoms with Gasteiger partial charge in [-0.05, 0) is 18.2 Å². The van der Waals surface area contributed by atoms with Crippen molar-refractivity contribution < 1.29 is 13.2 Å². The number of rotatable bonds is 4. The van der Waals surface area contributed by atoms with Crippen LogP contribution in [0.4, 0.5) is 10.5 Å². The van der Waals surface area contributed by atoms with Crippen LogP contribution in [0.3, 0.4) is 0 Å². The summed E-state index contributed by atoms with van der Waals surface area (Å²) in [6.07, 6.45) is 0. The van der Waals surface area contributed by atoms with Crippen molar-refractivity contribution in [2.24, 2.45) is 5.14 Å². The Morgan fingerprint density at radius 2 is 2.00 bits per heavy atom. The average molecular weight is 312 g/mol. The molecular formula is C9H11Cl2N3O3S. The maximum Gasteiger partial charge on any atom is 0.319 e. The monoisotopic (exact) mass is 311 g/mol. The third kappa shape index (κ3) is 5.54. The van der Waals surface area contributed by atoms with E-state index in [2.05, 4.69) is 10.6 Å². The fraction of sp³-hybridized carbons (Fsp3) is 0.222. The molecule has 0 fully saturated rings. The molecule has 0 atom stereocenters. The molecule has 9 heteroatoms. The van der Waals surface area contributed by atoms with Gasteiger partial charge in [-0.25, -0.2) is 18.4 Å². The molecule has 2 amide bonds. The molecule has 0 unspecified atom stereocenters. The van der Waals surface area contributed by atoms with E-state index in [0.29, 0.717) is 15.7 Å². The number of amides is 2. The van der Waals surface area contributed by atoms with Crippen molar-refractivity contribution in [3.8, 4) is 0 Å². The van der Waals surface area contributed by atoms with Gasteiger partial charge in [-0.15, -0.1) is 0 Å². The quantitative estimate of drug-likeness (QED) is 0.783. The first-order valence-corrected chi connectivity index (χ1v) is 7.25. The summed E-state index contributed by atoms with van der Waals surface area (Å²) < 4.78 is 21.3. The number of primary sulfonamides is 1. The number of hydrogen-bond acceptors (Lipinski definition) is 3. The first kappa shape index (κ1) is 15.0. The van der Waals surface area contributed by atoms with E-state index in [1.807, 2.05) is 0 Å². The lowest BCUT2D eigenvalue weighted by Gasteiger charge is -2.08. The van der Waals surface area contributed by atoms with Crippen molar-refractivity contribution in [1.29, 1.82) is 0 Å². The SMILES string of the molecule is NS(=O)(=O)CCNC(=O)Nc1cc(Cl)ccc1Cl. The van der Waals surface area contributed by atoms with Crippen molar-refractivity contribution in [2.75, 3.05) is 17.6 Å². The molecule has 0 aliphatic heterocycles. The molecular weight excluding hydrogens is 301 g/mol. The van der Waals surface area contributed by atoms with Crippen LogP contribution in [0, 0.1) is 0 Å². The molecule has 4 N–H and O–H groups in total. The summed E-state index contributed by atoms with van der Waals surface area (Å²) in [6, 6.07) is 3.99. The first-order valence-electron chi connectivity index (χ1n) is 4.78. The predicted octanol–water partition coefficient (Wildman–Crippen LogP) is 1.40. The van der Waals surface area contributed by atoms with E-state index in [4.69, 9.17) is 28.3 Å². The maximum atomic E-state index is 11.4. The van der Waals surface area contributed by atoms with Crippen LogP contribution in [0.5, 0.6) is 0 Å². The largest absolute Gasteiger partial charge is 0.337 e. The second kappa shape index (κ2) is 6.24. The zero-order valence-electron chi connectivity index (χ0n) is 9.11. The highest BCUT2D eigenvalue weighted by Crippen LogP contribution is 2.25. The molecule has 0 aliphatic rings. The van der Waals surface area contributed by atoms with Gasteiger partial charge in [0.1, 0.15) is 0 Å². The second-order valence-electron chi connectivity index (χ2n) is 3.37. The first-order chi connectivity index (χ1) is 8.28. The van der Waals surface area contributed by atoms with Crippen LogP contribution in [0.1, 0.15) is 0 Å². The van der Waals surface area contributed by atoms with Crippen molar-refractivity contribution >= 4 is 44.9 Å². The van der Waals surface area contributed by atoms with E-state index >= 15 is 0 Å². The van der Waals surface area contributed by atoms with Gasteiger partial charge in [0.25, 0.3) is 0 Å². The minimum Gasteiger partial charge on any atom is -0.337 e. The molecule has 0 bridgehead atoms. The molecule has 0 spiro atoms. The Morgan fingerprint density at radius 3 is 2.61 bits per heavy atom. The summed E-state index contributed by atoms with van der Waals surface area (Å²) in [5.41, 5.74) is 0.331. The summed E-state index contributed by atoms with van der Waals surface area (Å²) in [5, 5.41) is 10.3. The van der Waals surface area contributed by atoms with Crippen LogP contribution in [0.25, 0.3) is 0 Å². The topological polar surface area (TPSA) is 101 Å². The lowest BCUT2D eigenvalue weighted by Crippen LogP contribution is -2.34. The Morgan fingerprint density at radius 1 is 1.33 bits per heavy atom. The van der Waals surface area contributed by atoms with Gasteiger partial charge in [-0.2, -0.15) is 0 Å². The minimum atomic E-state index is -3.60. The van der Waals surface area contributed by atoms with Crippen LogP contribution in [0.2, 0.25) is 10.0 Å². The zero-order chi connectivity index (χ0) is 13.8. The van der Waals surface area contributed by atoms with Crippen LogP contribution in [-0.4, -0.2) is 26.7 Å². The molecule has 1 rings (SSSR count). The fourth-order valence-electron chi connectivity index (χ4n) is 1.07. The van der Waals surface area contributed by atoms with E-state index in [9.17, 15) is 13.2 Å². The second-order valence-corrected chi connectivity index (χ2v) is 5.95. The molecule has 0 aliphatic carbocycles. The smallest absolute Gasteiger partial charge is 0.319 e. The van der Waals surface area contributed by atoms with Gasteiger partial charge in [-0.3, -0.25) is 0 Å². The van der Waals surface area contributed by atoms with Crippen LogP contribution in [0.15, 0.2) is 18.2 Å². The highest BCUT2D eigenvalue weighted by Gasteiger charge is 2.07. The standard InChI is InChI=1S/C9H11Cl2N3O3S/c10-6-1-2-7(11)8(5-6)14-9(15)13-3-4-18(12,16)17/h1-2,5H,3-4H2,(H2,12,16,17)(H2,13,14,15). The minimum absolute atomic E-state index is 0.0944. The number of nitrogens with two attached hydrogens (primary N) is 1. The van der Waals surface area contributed by atoms with Gasteiger partial charge in [-0.1, -0.05) is 23.2 Å². The molecule has 1 aromatic rings. The fourth-order valence-corrected chi connectivity index (χ4v) is 1.79. The van der Waals surface area contributed by atoms with Crippen LogP contribution >= 0.6 is 23.2 Å². The number of anilines is 1. The van der Waals surface area contributed by atoms with E-state index in [1.54, 1.807) is 6.07 Å². The molecule has 6 nitrogen and oxygen atoms in total. The summed E-state index contributed by atoms with van der Waals surface area (Å²) in [7, 11) is -3.60. The van der Waals surface area contributed by atoms with E-state index in [-0.39, 0.29) is 12.3 Å². The molecule has 0 saturated heterocycles. The Balaban J connectivity index is 2.52. The van der Waals surface area contributed by atoms with Crippen molar-refractivity contribution in [1.82, 2.24) is 5.32 Å². The molecule has 0 saturated carbocycles. The zero-order valence-corrected chi connectivity index (χ0v) is 11.4. The van der Waals surface area contributed by atoms with Gasteiger partial charge >= 0.3 is 6.03 Å². The number of carbonyl (C=O) groups excluding carboxylic acids is 1. The molecule has 0 aromatic heterocycles. The van der Waals surface area contributed by atoms with Gasteiger partial charge < -0.3 is 10.6 Å². The summed E-state index contributed by atoms with van der Waals surface area (Å²) in [5.74, 6) is -0.344. The lowest BCUT2D eigenvalue weighted by molar-refractivity contribution is 0.252. The molecule has 18 heavy (non-hydrogen) atoms. The number of hydrogen-bond donors (Lipinski definition) is 3. The van der Waals surface area contributed by atoms with Crippen molar-refractivity contribution in [3.05, 3.63) is 28.2 Å². The molecule has 1 aromatic carbocycles. The van der Waals surface area contributed by atoms with Gasteiger partial charge in [0, 0.05) is 11.6 Å². The van der Waals surface area contributed by atoms with Gasteiger partial charge in [0.2, 0.25) is 10.0 Å². The number of halogens is 2. The number of sulfonamides is 1. The molecule has 0 radical (unpaired) electrons. The van der Waals surface area contributed by atoms with E-state index in [1.165, 1.54) is 12.1 Å². The Hall–Kier alpha value is -1.02. The highest BCUT2D eigenvalue weighted by atomic mass is 35.5. The Kier molecular flexibility index (Phi) is 5.21. The highest BCUT2D eigenvalue weighted by molar-refractivity contribution is 7.89. The Labute approximate surface area is 114 Å². The normalized spacial score (nSPS) is 11.1. The van der Waals surface area contributed by atoms with Crippen molar-refractivity contribution in [2.45, 2.75) is 0 Å². The summed E-state index contributed by atoms with van der Waals surface area (Å²) in [6.45, 7) is -0.0944. The third-order valence-electron chi connectivity index (χ3n) is 1.85. The third-order valence-corrected chi connectivity index (χ3v) is 3.19. The predicted molar refractivity (Wildman–Crippen MR) is 71.5 cm³/mol. The molecule has 100 valence electrons. The maximum absolute atomic E-state index is 11.4. The van der Waals surface area contributed by atoms with Gasteiger partial charge in [0.15, 0.2) is 0 Å². The number of carbonyl (C=O) groups is 1. The summed E-state index contributed by atoms with van der Waals surface area (Å²) >= 11 is 11.6. The number of urea groups is 1. The van der Waals surface area contributed by atoms with Crippen molar-refractivity contribution in [3.63, 3.8) is 0 Å². The summed E-state index contributed by atoms with van der Waals surface area (Å²) in [4.78, 5) is 11.4. The lowest BCUT2D eigenvalue weighted by atomic mass is 10.3. The number of benzene rings is 1. The number of nitrogens with one attached hydrogen (secondary N) is 2. The van der Waals surface area contributed by atoms with Crippen LogP contribution in [-0.2, 0) is 10.0 Å². The van der Waals surface area contributed by atoms with E-state index in [0.717, 1.165) is 0 Å². The average Bonchev–Trinajstić information content (AvgIpc) is 2.21. The van der Waals surface area contributed by atoms with Gasteiger partial charge in [0.05, 0.1) is 16.5 Å². The van der Waals surface area contributed by atoms with Crippen LogP contribution < -0.4 is 15.8 Å². The Bertz CT molecular complexity index is 548.